The standard InChI is InChI=1S/C22H27N3O4/c1-14(2)20(21(26)25-12-11-15-7-5-6-8-17(15)25)24-22(27)23-16-9-10-18(28-3)19(13-16)29-4/h5-10,13-14,20H,11-12H2,1-4H3,(H2,23,24,27)/t20-/m1/s1. The maximum absolute atomic E-state index is 13.2. The van der Waals surface area contributed by atoms with Crippen LogP contribution in [0.5, 0.6) is 11.5 Å². The molecule has 0 aliphatic carbocycles. The molecule has 1 atom stereocenters. The Bertz CT molecular complexity index is 897. The number of carbonyl (C=O) groups is 2. The van der Waals surface area contributed by atoms with Crippen LogP contribution in [-0.4, -0.2) is 38.7 Å². The van der Waals surface area contributed by atoms with Crippen molar-refractivity contribution in [2.75, 3.05) is 31.0 Å². The van der Waals surface area contributed by atoms with E-state index in [-0.39, 0.29) is 11.8 Å². The summed E-state index contributed by atoms with van der Waals surface area (Å²) in [4.78, 5) is 27.5. The van der Waals surface area contributed by atoms with E-state index in [1.54, 1.807) is 30.2 Å². The summed E-state index contributed by atoms with van der Waals surface area (Å²) >= 11 is 0. The maximum Gasteiger partial charge on any atom is 0.319 e. The van der Waals surface area contributed by atoms with E-state index in [4.69, 9.17) is 9.47 Å². The molecule has 0 radical (unpaired) electrons. The number of amides is 3. The molecule has 0 bridgehead atoms. The van der Waals surface area contributed by atoms with Crippen molar-refractivity contribution in [2.24, 2.45) is 5.92 Å². The predicted octanol–water partition coefficient (Wildman–Crippen LogP) is 3.44. The van der Waals surface area contributed by atoms with Gasteiger partial charge < -0.3 is 25.0 Å². The molecule has 7 nitrogen and oxygen atoms in total. The number of nitrogens with one attached hydrogen (secondary N) is 2. The molecule has 0 spiro atoms. The number of ether oxygens (including phenoxy) is 2. The Morgan fingerprint density at radius 2 is 1.76 bits per heavy atom. The Hall–Kier alpha value is -3.22. The van der Waals surface area contributed by atoms with Crippen molar-refractivity contribution < 1.29 is 19.1 Å². The van der Waals surface area contributed by atoms with E-state index in [1.165, 1.54) is 7.11 Å². The van der Waals surface area contributed by atoms with E-state index in [2.05, 4.69) is 10.6 Å². The van der Waals surface area contributed by atoms with Gasteiger partial charge in [-0.1, -0.05) is 32.0 Å². The number of fused-ring (bicyclic) bond motifs is 1. The highest BCUT2D eigenvalue weighted by Gasteiger charge is 2.32. The van der Waals surface area contributed by atoms with Gasteiger partial charge in [0, 0.05) is 24.0 Å². The molecule has 0 saturated heterocycles. The van der Waals surface area contributed by atoms with Crippen molar-refractivity contribution in [3.8, 4) is 11.5 Å². The number of methoxy groups -OCH3 is 2. The first-order valence-corrected chi connectivity index (χ1v) is 9.63. The fourth-order valence-corrected chi connectivity index (χ4v) is 3.47. The Labute approximate surface area is 171 Å². The average Bonchev–Trinajstić information content (AvgIpc) is 3.15. The summed E-state index contributed by atoms with van der Waals surface area (Å²) in [6.07, 6.45) is 0.824. The number of rotatable bonds is 6. The number of para-hydroxylation sites is 1. The summed E-state index contributed by atoms with van der Waals surface area (Å²) in [6, 6.07) is 11.9. The average molecular weight is 397 g/mol. The Morgan fingerprint density at radius 1 is 1.03 bits per heavy atom. The summed E-state index contributed by atoms with van der Waals surface area (Å²) in [5.41, 5.74) is 2.62. The van der Waals surface area contributed by atoms with Gasteiger partial charge >= 0.3 is 6.03 Å². The minimum absolute atomic E-state index is 0.0635. The van der Waals surface area contributed by atoms with Crippen molar-refractivity contribution in [2.45, 2.75) is 26.3 Å². The topological polar surface area (TPSA) is 79.9 Å². The van der Waals surface area contributed by atoms with Crippen LogP contribution < -0.4 is 25.0 Å². The van der Waals surface area contributed by atoms with E-state index in [9.17, 15) is 9.59 Å². The third kappa shape index (κ3) is 4.45. The lowest BCUT2D eigenvalue weighted by Gasteiger charge is -2.27. The van der Waals surface area contributed by atoms with Crippen LogP contribution in [0.1, 0.15) is 19.4 Å². The van der Waals surface area contributed by atoms with Crippen LogP contribution in [0.25, 0.3) is 0 Å². The highest BCUT2D eigenvalue weighted by atomic mass is 16.5. The van der Waals surface area contributed by atoms with Gasteiger partial charge in [-0.15, -0.1) is 0 Å². The van der Waals surface area contributed by atoms with Gasteiger partial charge in [0.25, 0.3) is 0 Å². The molecule has 2 aromatic carbocycles. The molecule has 0 aromatic heterocycles. The van der Waals surface area contributed by atoms with Crippen LogP contribution in [0.2, 0.25) is 0 Å². The van der Waals surface area contributed by atoms with Crippen molar-refractivity contribution in [3.63, 3.8) is 0 Å². The van der Waals surface area contributed by atoms with Gasteiger partial charge in [0.15, 0.2) is 11.5 Å². The molecule has 1 heterocycles. The SMILES string of the molecule is COc1ccc(NC(=O)N[C@@H](C(=O)N2CCc3ccccc32)C(C)C)cc1OC. The van der Waals surface area contributed by atoms with Crippen LogP contribution in [0, 0.1) is 5.92 Å². The molecule has 0 fully saturated rings. The number of nitrogens with zero attached hydrogens (tertiary/aromatic N) is 1. The van der Waals surface area contributed by atoms with E-state index >= 15 is 0 Å². The smallest absolute Gasteiger partial charge is 0.319 e. The van der Waals surface area contributed by atoms with Crippen LogP contribution in [0.3, 0.4) is 0 Å². The first kappa shape index (κ1) is 20.5. The summed E-state index contributed by atoms with van der Waals surface area (Å²) in [7, 11) is 3.08. The monoisotopic (exact) mass is 397 g/mol. The zero-order valence-electron chi connectivity index (χ0n) is 17.2. The van der Waals surface area contributed by atoms with Gasteiger partial charge in [-0.2, -0.15) is 0 Å². The molecule has 3 rings (SSSR count). The van der Waals surface area contributed by atoms with Crippen LogP contribution in [-0.2, 0) is 11.2 Å². The second-order valence-corrected chi connectivity index (χ2v) is 7.26. The maximum atomic E-state index is 13.2. The van der Waals surface area contributed by atoms with Crippen LogP contribution >= 0.6 is 0 Å². The van der Waals surface area contributed by atoms with Crippen molar-refractivity contribution in [3.05, 3.63) is 48.0 Å². The van der Waals surface area contributed by atoms with Crippen molar-refractivity contribution in [1.82, 2.24) is 5.32 Å². The quantitative estimate of drug-likeness (QED) is 0.783. The third-order valence-electron chi connectivity index (χ3n) is 5.01. The molecule has 154 valence electrons. The molecular weight excluding hydrogens is 370 g/mol. The minimum Gasteiger partial charge on any atom is -0.493 e. The van der Waals surface area contributed by atoms with Gasteiger partial charge in [-0.25, -0.2) is 4.79 Å². The van der Waals surface area contributed by atoms with E-state index in [0.29, 0.717) is 23.7 Å². The normalized spacial score (nSPS) is 13.6. The highest BCUT2D eigenvalue weighted by Crippen LogP contribution is 2.30. The third-order valence-corrected chi connectivity index (χ3v) is 5.01. The molecule has 1 aliphatic rings. The molecule has 2 N–H and O–H groups in total. The number of hydrogen-bond acceptors (Lipinski definition) is 4. The zero-order chi connectivity index (χ0) is 21.0. The van der Waals surface area contributed by atoms with Gasteiger partial charge in [-0.3, -0.25) is 4.79 Å². The van der Waals surface area contributed by atoms with E-state index in [1.807, 2.05) is 38.1 Å². The number of carbonyl (C=O) groups excluding carboxylic acids is 2. The number of urea groups is 1. The Morgan fingerprint density at radius 3 is 2.45 bits per heavy atom. The lowest BCUT2D eigenvalue weighted by molar-refractivity contribution is -0.121. The van der Waals surface area contributed by atoms with Gasteiger partial charge in [0.1, 0.15) is 6.04 Å². The number of hydrogen-bond donors (Lipinski definition) is 2. The first-order chi connectivity index (χ1) is 13.9. The minimum atomic E-state index is -0.638. The Kier molecular flexibility index (Phi) is 6.26. The zero-order valence-corrected chi connectivity index (χ0v) is 17.2. The molecule has 29 heavy (non-hydrogen) atoms. The van der Waals surface area contributed by atoms with E-state index in [0.717, 1.165) is 17.7 Å². The molecular formula is C22H27N3O4. The molecule has 7 heteroatoms. The van der Waals surface area contributed by atoms with Gasteiger partial charge in [0.05, 0.1) is 14.2 Å². The van der Waals surface area contributed by atoms with Crippen LogP contribution in [0.4, 0.5) is 16.2 Å². The Balaban J connectivity index is 1.71. The highest BCUT2D eigenvalue weighted by molar-refractivity contribution is 6.02. The summed E-state index contributed by atoms with van der Waals surface area (Å²) in [5, 5.41) is 5.59. The molecule has 0 saturated carbocycles. The summed E-state index contributed by atoms with van der Waals surface area (Å²) in [5.74, 6) is 0.913. The summed E-state index contributed by atoms with van der Waals surface area (Å²) < 4.78 is 10.5. The molecule has 0 unspecified atom stereocenters. The number of benzene rings is 2. The first-order valence-electron chi connectivity index (χ1n) is 9.63. The fraction of sp³-hybridized carbons (Fsp3) is 0.364. The van der Waals surface area contributed by atoms with Gasteiger partial charge in [0.2, 0.25) is 5.91 Å². The second kappa shape index (κ2) is 8.86. The van der Waals surface area contributed by atoms with Crippen molar-refractivity contribution in [1.29, 1.82) is 0 Å². The van der Waals surface area contributed by atoms with Crippen LogP contribution in [0.15, 0.2) is 42.5 Å². The lowest BCUT2D eigenvalue weighted by Crippen LogP contribution is -2.52. The van der Waals surface area contributed by atoms with Crippen molar-refractivity contribution >= 4 is 23.3 Å². The second-order valence-electron chi connectivity index (χ2n) is 7.26. The lowest BCUT2D eigenvalue weighted by atomic mass is 10.0. The fourth-order valence-electron chi connectivity index (χ4n) is 3.47. The van der Waals surface area contributed by atoms with E-state index < -0.39 is 12.1 Å². The number of anilines is 2. The predicted molar refractivity (Wildman–Crippen MR) is 113 cm³/mol. The molecule has 2 aromatic rings. The molecule has 3 amide bonds. The largest absolute Gasteiger partial charge is 0.493 e. The summed E-state index contributed by atoms with van der Waals surface area (Å²) in [6.45, 7) is 4.46. The molecule has 1 aliphatic heterocycles. The van der Waals surface area contributed by atoms with Gasteiger partial charge in [-0.05, 0) is 36.1 Å².